The standard InChI is InChI=1S/C19H20N2O2/c1-12-6-2-3-7-13(12)11-17(22)18-15-9-5-4-8-14(15)10-16(21-18)19(20)23/h2-9,16,18,21H,10-11H2,1H3,(H2,20,23). The van der Waals surface area contributed by atoms with Gasteiger partial charge in [-0.05, 0) is 35.6 Å². The van der Waals surface area contributed by atoms with Crippen molar-refractivity contribution >= 4 is 11.7 Å². The van der Waals surface area contributed by atoms with Crippen LogP contribution < -0.4 is 11.1 Å². The zero-order valence-electron chi connectivity index (χ0n) is 13.1. The predicted molar refractivity (Wildman–Crippen MR) is 88.9 cm³/mol. The zero-order chi connectivity index (χ0) is 16.4. The molecule has 2 aromatic carbocycles. The monoisotopic (exact) mass is 308 g/mol. The Labute approximate surface area is 135 Å². The van der Waals surface area contributed by atoms with E-state index in [9.17, 15) is 9.59 Å². The van der Waals surface area contributed by atoms with Gasteiger partial charge in [0.15, 0.2) is 5.78 Å². The number of benzene rings is 2. The second kappa shape index (κ2) is 6.34. The largest absolute Gasteiger partial charge is 0.368 e. The number of nitrogens with one attached hydrogen (secondary N) is 1. The summed E-state index contributed by atoms with van der Waals surface area (Å²) in [5.41, 5.74) is 9.52. The van der Waals surface area contributed by atoms with Crippen LogP contribution in [0.4, 0.5) is 0 Å². The minimum Gasteiger partial charge on any atom is -0.368 e. The second-order valence-electron chi connectivity index (χ2n) is 6.03. The van der Waals surface area contributed by atoms with E-state index in [0.717, 1.165) is 22.3 Å². The van der Waals surface area contributed by atoms with Crippen LogP contribution in [-0.4, -0.2) is 17.7 Å². The Hall–Kier alpha value is -2.46. The highest BCUT2D eigenvalue weighted by molar-refractivity contribution is 5.90. The molecule has 4 heteroatoms. The smallest absolute Gasteiger partial charge is 0.234 e. The second-order valence-corrected chi connectivity index (χ2v) is 6.03. The topological polar surface area (TPSA) is 72.2 Å². The molecule has 2 aromatic rings. The SMILES string of the molecule is Cc1ccccc1CC(=O)C1NC(C(N)=O)Cc2ccccc21. The van der Waals surface area contributed by atoms with Crippen molar-refractivity contribution in [3.8, 4) is 0 Å². The molecular weight excluding hydrogens is 288 g/mol. The van der Waals surface area contributed by atoms with Gasteiger partial charge < -0.3 is 5.73 Å². The van der Waals surface area contributed by atoms with Gasteiger partial charge in [0, 0.05) is 6.42 Å². The Morgan fingerprint density at radius 1 is 1.13 bits per heavy atom. The average molecular weight is 308 g/mol. The van der Waals surface area contributed by atoms with E-state index in [2.05, 4.69) is 5.32 Å². The predicted octanol–water partition coefficient (Wildman–Crippen LogP) is 1.85. The Balaban J connectivity index is 1.90. The van der Waals surface area contributed by atoms with Crippen molar-refractivity contribution in [2.45, 2.75) is 31.8 Å². The molecule has 0 saturated heterocycles. The third-order valence-electron chi connectivity index (χ3n) is 4.45. The lowest BCUT2D eigenvalue weighted by Gasteiger charge is -2.31. The maximum atomic E-state index is 12.8. The number of fused-ring (bicyclic) bond motifs is 1. The van der Waals surface area contributed by atoms with Gasteiger partial charge in [0.1, 0.15) is 0 Å². The highest BCUT2D eigenvalue weighted by Crippen LogP contribution is 2.27. The summed E-state index contributed by atoms with van der Waals surface area (Å²) in [4.78, 5) is 24.4. The van der Waals surface area contributed by atoms with Crippen molar-refractivity contribution in [1.82, 2.24) is 5.32 Å². The molecule has 1 aliphatic heterocycles. The molecule has 3 N–H and O–H groups in total. The van der Waals surface area contributed by atoms with E-state index in [1.54, 1.807) is 0 Å². The van der Waals surface area contributed by atoms with Gasteiger partial charge in [-0.2, -0.15) is 0 Å². The fraction of sp³-hybridized carbons (Fsp3) is 0.263. The Kier molecular flexibility index (Phi) is 4.26. The Bertz CT molecular complexity index is 755. The average Bonchev–Trinajstić information content (AvgIpc) is 2.55. The molecule has 2 atom stereocenters. The molecule has 0 aromatic heterocycles. The summed E-state index contributed by atoms with van der Waals surface area (Å²) in [5.74, 6) is -0.370. The van der Waals surface area contributed by atoms with Crippen LogP contribution >= 0.6 is 0 Å². The molecule has 118 valence electrons. The summed E-state index contributed by atoms with van der Waals surface area (Å²) in [7, 11) is 0. The highest BCUT2D eigenvalue weighted by atomic mass is 16.1. The van der Waals surface area contributed by atoms with Crippen LogP contribution in [0.5, 0.6) is 0 Å². The number of hydrogen-bond acceptors (Lipinski definition) is 3. The molecule has 0 spiro atoms. The molecule has 2 unspecified atom stereocenters. The molecule has 0 bridgehead atoms. The van der Waals surface area contributed by atoms with Crippen LogP contribution in [0.1, 0.15) is 28.3 Å². The summed E-state index contributed by atoms with van der Waals surface area (Å²) in [5, 5.41) is 3.12. The van der Waals surface area contributed by atoms with Crippen molar-refractivity contribution in [2.75, 3.05) is 0 Å². The van der Waals surface area contributed by atoms with Gasteiger partial charge in [-0.15, -0.1) is 0 Å². The number of Topliss-reactive ketones (excluding diaryl/α,β-unsaturated/α-hetero) is 1. The van der Waals surface area contributed by atoms with E-state index >= 15 is 0 Å². The van der Waals surface area contributed by atoms with E-state index in [0.29, 0.717) is 12.8 Å². The fourth-order valence-corrected chi connectivity index (χ4v) is 3.12. The summed E-state index contributed by atoms with van der Waals surface area (Å²) >= 11 is 0. The summed E-state index contributed by atoms with van der Waals surface area (Å²) in [6.45, 7) is 2.00. The molecule has 0 fully saturated rings. The van der Waals surface area contributed by atoms with Gasteiger partial charge in [-0.25, -0.2) is 0 Å². The molecule has 1 amide bonds. The minimum atomic E-state index is -0.504. The van der Waals surface area contributed by atoms with E-state index in [1.165, 1.54) is 0 Å². The van der Waals surface area contributed by atoms with Gasteiger partial charge in [-0.3, -0.25) is 14.9 Å². The molecule has 4 nitrogen and oxygen atoms in total. The third kappa shape index (κ3) is 3.17. The molecule has 1 heterocycles. The maximum absolute atomic E-state index is 12.8. The molecule has 3 rings (SSSR count). The number of carbonyl (C=O) groups excluding carboxylic acids is 2. The first kappa shape index (κ1) is 15.4. The van der Waals surface area contributed by atoms with Crippen molar-refractivity contribution in [3.63, 3.8) is 0 Å². The van der Waals surface area contributed by atoms with Gasteiger partial charge in [0.05, 0.1) is 12.1 Å². The maximum Gasteiger partial charge on any atom is 0.234 e. The zero-order valence-corrected chi connectivity index (χ0v) is 13.1. The first-order valence-corrected chi connectivity index (χ1v) is 7.76. The van der Waals surface area contributed by atoms with E-state index in [-0.39, 0.29) is 5.78 Å². The first-order chi connectivity index (χ1) is 11.1. The number of rotatable bonds is 4. The van der Waals surface area contributed by atoms with Gasteiger partial charge in [0.25, 0.3) is 0 Å². The van der Waals surface area contributed by atoms with E-state index in [1.807, 2.05) is 55.5 Å². The summed E-state index contributed by atoms with van der Waals surface area (Å²) < 4.78 is 0. The number of carbonyl (C=O) groups is 2. The number of nitrogens with two attached hydrogens (primary N) is 1. The number of primary amides is 1. The van der Waals surface area contributed by atoms with Crippen LogP contribution in [0, 0.1) is 6.92 Å². The highest BCUT2D eigenvalue weighted by Gasteiger charge is 2.32. The van der Waals surface area contributed by atoms with Gasteiger partial charge >= 0.3 is 0 Å². The van der Waals surface area contributed by atoms with Crippen LogP contribution in [0.25, 0.3) is 0 Å². The summed E-state index contributed by atoms with van der Waals surface area (Å²) in [6, 6.07) is 14.6. The van der Waals surface area contributed by atoms with Crippen molar-refractivity contribution in [3.05, 3.63) is 70.8 Å². The number of ketones is 1. The fourth-order valence-electron chi connectivity index (χ4n) is 3.12. The van der Waals surface area contributed by atoms with Crippen LogP contribution in [0.15, 0.2) is 48.5 Å². The minimum absolute atomic E-state index is 0.0534. The number of hydrogen-bond donors (Lipinski definition) is 2. The Morgan fingerprint density at radius 2 is 1.83 bits per heavy atom. The van der Waals surface area contributed by atoms with E-state index in [4.69, 9.17) is 5.73 Å². The molecular formula is C19H20N2O2. The summed E-state index contributed by atoms with van der Waals surface area (Å²) in [6.07, 6.45) is 0.865. The number of aryl methyl sites for hydroxylation is 1. The van der Waals surface area contributed by atoms with Crippen molar-refractivity contribution in [2.24, 2.45) is 5.73 Å². The number of amides is 1. The molecule has 23 heavy (non-hydrogen) atoms. The van der Waals surface area contributed by atoms with Gasteiger partial charge in [0.2, 0.25) is 5.91 Å². The molecule has 0 saturated carbocycles. The van der Waals surface area contributed by atoms with Crippen LogP contribution in [-0.2, 0) is 22.4 Å². The lowest BCUT2D eigenvalue weighted by atomic mass is 9.86. The molecule has 0 aliphatic carbocycles. The van der Waals surface area contributed by atoms with Gasteiger partial charge in [-0.1, -0.05) is 48.5 Å². The quantitative estimate of drug-likeness (QED) is 0.905. The van der Waals surface area contributed by atoms with E-state index < -0.39 is 18.0 Å². The first-order valence-electron chi connectivity index (χ1n) is 7.76. The van der Waals surface area contributed by atoms with Crippen molar-refractivity contribution < 1.29 is 9.59 Å². The van der Waals surface area contributed by atoms with Crippen molar-refractivity contribution in [1.29, 1.82) is 0 Å². The lowest BCUT2D eigenvalue weighted by Crippen LogP contribution is -2.50. The van der Waals surface area contributed by atoms with Crippen LogP contribution in [0.2, 0.25) is 0 Å². The normalized spacial score (nSPS) is 19.9. The molecule has 1 aliphatic rings. The van der Waals surface area contributed by atoms with Crippen LogP contribution in [0.3, 0.4) is 0 Å². The Morgan fingerprint density at radius 3 is 2.57 bits per heavy atom. The lowest BCUT2D eigenvalue weighted by molar-refractivity contribution is -0.123. The third-order valence-corrected chi connectivity index (χ3v) is 4.45. The molecule has 0 radical (unpaired) electrons.